The van der Waals surface area contributed by atoms with E-state index in [1.165, 1.54) is 12.8 Å². The Bertz CT molecular complexity index is 340. The highest BCUT2D eigenvalue weighted by atomic mass is 16.2. The lowest BCUT2D eigenvalue weighted by Crippen LogP contribution is -2.44. The summed E-state index contributed by atoms with van der Waals surface area (Å²) in [5, 5.41) is 6.29. The molecule has 2 rings (SSSR count). The Kier molecular flexibility index (Phi) is 5.83. The van der Waals surface area contributed by atoms with Crippen molar-refractivity contribution in [2.45, 2.75) is 51.5 Å². The molecule has 0 aromatic rings. The summed E-state index contributed by atoms with van der Waals surface area (Å²) in [5.74, 6) is 0.790. The Hall–Kier alpha value is -1.10. The zero-order valence-corrected chi connectivity index (χ0v) is 12.5. The molecular weight excluding hydrogens is 254 g/mol. The van der Waals surface area contributed by atoms with E-state index in [4.69, 9.17) is 0 Å². The van der Waals surface area contributed by atoms with E-state index in [1.54, 1.807) is 0 Å². The summed E-state index contributed by atoms with van der Waals surface area (Å²) in [6.07, 6.45) is 5.58. The maximum atomic E-state index is 11.9. The minimum atomic E-state index is 0.0606. The number of piperidine rings is 1. The van der Waals surface area contributed by atoms with Gasteiger partial charge >= 0.3 is 0 Å². The lowest BCUT2D eigenvalue weighted by molar-refractivity contribution is -0.130. The van der Waals surface area contributed by atoms with Gasteiger partial charge in [-0.1, -0.05) is 6.92 Å². The standard InChI is InChI=1S/C15H27N3O2/c1-12-5-4-7-16-13(12)11-14(19)17-8-6-15(20)18-9-2-3-10-18/h12-13,16H,2-11H2,1H3,(H,17,19). The number of carbonyl (C=O) groups excluding carboxylic acids is 2. The molecule has 0 aromatic heterocycles. The predicted molar refractivity (Wildman–Crippen MR) is 78.2 cm³/mol. The second-order valence-electron chi connectivity index (χ2n) is 6.07. The third kappa shape index (κ3) is 4.47. The number of rotatable bonds is 5. The second-order valence-corrected chi connectivity index (χ2v) is 6.07. The molecule has 2 aliphatic rings. The van der Waals surface area contributed by atoms with Crippen molar-refractivity contribution in [2.75, 3.05) is 26.2 Å². The molecule has 2 N–H and O–H groups in total. The minimum Gasteiger partial charge on any atom is -0.356 e. The number of nitrogens with one attached hydrogen (secondary N) is 2. The summed E-state index contributed by atoms with van der Waals surface area (Å²) in [6.45, 7) is 5.44. The fraction of sp³-hybridized carbons (Fsp3) is 0.867. The van der Waals surface area contributed by atoms with Crippen molar-refractivity contribution in [3.63, 3.8) is 0 Å². The van der Waals surface area contributed by atoms with Crippen molar-refractivity contribution in [1.29, 1.82) is 0 Å². The largest absolute Gasteiger partial charge is 0.356 e. The molecule has 2 atom stereocenters. The molecule has 5 nitrogen and oxygen atoms in total. The molecule has 2 aliphatic heterocycles. The third-order valence-corrected chi connectivity index (χ3v) is 4.45. The quantitative estimate of drug-likeness (QED) is 0.787. The number of carbonyl (C=O) groups is 2. The highest BCUT2D eigenvalue weighted by Gasteiger charge is 2.23. The maximum Gasteiger partial charge on any atom is 0.224 e. The van der Waals surface area contributed by atoms with Crippen LogP contribution in [0, 0.1) is 5.92 Å². The average Bonchev–Trinajstić information content (AvgIpc) is 2.95. The fourth-order valence-corrected chi connectivity index (χ4v) is 3.09. The van der Waals surface area contributed by atoms with Crippen molar-refractivity contribution >= 4 is 11.8 Å². The Morgan fingerprint density at radius 3 is 2.70 bits per heavy atom. The molecule has 0 aliphatic carbocycles. The molecule has 0 bridgehead atoms. The van der Waals surface area contributed by atoms with Gasteiger partial charge in [-0.15, -0.1) is 0 Å². The van der Waals surface area contributed by atoms with Gasteiger partial charge in [-0.05, 0) is 38.1 Å². The fourth-order valence-electron chi connectivity index (χ4n) is 3.09. The number of likely N-dealkylation sites (tertiary alicyclic amines) is 1. The molecule has 2 saturated heterocycles. The maximum absolute atomic E-state index is 11.9. The smallest absolute Gasteiger partial charge is 0.224 e. The lowest BCUT2D eigenvalue weighted by Gasteiger charge is -2.29. The zero-order chi connectivity index (χ0) is 14.4. The van der Waals surface area contributed by atoms with Crippen LogP contribution in [0.4, 0.5) is 0 Å². The van der Waals surface area contributed by atoms with Crippen LogP contribution in [0.15, 0.2) is 0 Å². The Labute approximate surface area is 121 Å². The number of hydrogen-bond donors (Lipinski definition) is 2. The van der Waals surface area contributed by atoms with Crippen molar-refractivity contribution < 1.29 is 9.59 Å². The van der Waals surface area contributed by atoms with Gasteiger partial charge in [-0.3, -0.25) is 9.59 Å². The van der Waals surface area contributed by atoms with Gasteiger partial charge in [0.1, 0.15) is 0 Å². The molecule has 114 valence electrons. The SMILES string of the molecule is CC1CCCNC1CC(=O)NCCC(=O)N1CCCC1. The number of nitrogens with zero attached hydrogens (tertiary/aromatic N) is 1. The van der Waals surface area contributed by atoms with Crippen molar-refractivity contribution in [3.8, 4) is 0 Å². The normalized spacial score (nSPS) is 26.6. The molecule has 5 heteroatoms. The van der Waals surface area contributed by atoms with E-state index in [1.807, 2.05) is 4.90 Å². The van der Waals surface area contributed by atoms with Crippen LogP contribution >= 0.6 is 0 Å². The molecule has 20 heavy (non-hydrogen) atoms. The molecule has 0 spiro atoms. The van der Waals surface area contributed by atoms with Gasteiger partial charge in [0.25, 0.3) is 0 Å². The summed E-state index contributed by atoms with van der Waals surface area (Å²) in [6, 6.07) is 0.290. The van der Waals surface area contributed by atoms with E-state index in [2.05, 4.69) is 17.6 Å². The zero-order valence-electron chi connectivity index (χ0n) is 12.5. The average molecular weight is 281 g/mol. The van der Waals surface area contributed by atoms with Gasteiger partial charge in [0.2, 0.25) is 11.8 Å². The summed E-state index contributed by atoms with van der Waals surface area (Å²) in [7, 11) is 0. The van der Waals surface area contributed by atoms with Crippen LogP contribution in [0.1, 0.15) is 45.4 Å². The van der Waals surface area contributed by atoms with E-state index >= 15 is 0 Å². The summed E-state index contributed by atoms with van der Waals surface area (Å²) in [4.78, 5) is 25.6. The summed E-state index contributed by atoms with van der Waals surface area (Å²) < 4.78 is 0. The summed E-state index contributed by atoms with van der Waals surface area (Å²) in [5.41, 5.74) is 0. The summed E-state index contributed by atoms with van der Waals surface area (Å²) >= 11 is 0. The first-order valence-electron chi connectivity index (χ1n) is 7.94. The first kappa shape index (κ1) is 15.3. The van der Waals surface area contributed by atoms with E-state index in [0.717, 1.165) is 32.5 Å². The molecule has 2 fully saturated rings. The Balaban J connectivity index is 1.61. The van der Waals surface area contributed by atoms with Gasteiger partial charge in [0.15, 0.2) is 0 Å². The second kappa shape index (κ2) is 7.62. The van der Waals surface area contributed by atoms with Gasteiger partial charge in [0, 0.05) is 38.5 Å². The van der Waals surface area contributed by atoms with Crippen LogP contribution in [-0.2, 0) is 9.59 Å². The predicted octanol–water partition coefficient (Wildman–Crippen LogP) is 0.893. The molecule has 2 amide bonds. The van der Waals surface area contributed by atoms with Crippen molar-refractivity contribution in [1.82, 2.24) is 15.5 Å². The van der Waals surface area contributed by atoms with Gasteiger partial charge in [0.05, 0.1) is 0 Å². The van der Waals surface area contributed by atoms with Crippen LogP contribution < -0.4 is 10.6 Å². The van der Waals surface area contributed by atoms with E-state index in [9.17, 15) is 9.59 Å². The molecule has 0 radical (unpaired) electrons. The molecule has 0 saturated carbocycles. The Morgan fingerprint density at radius 1 is 1.25 bits per heavy atom. The minimum absolute atomic E-state index is 0.0606. The van der Waals surface area contributed by atoms with Crippen LogP contribution in [0.25, 0.3) is 0 Å². The lowest BCUT2D eigenvalue weighted by atomic mass is 9.90. The molecule has 2 heterocycles. The third-order valence-electron chi connectivity index (χ3n) is 4.45. The highest BCUT2D eigenvalue weighted by Crippen LogP contribution is 2.17. The van der Waals surface area contributed by atoms with Gasteiger partial charge in [-0.2, -0.15) is 0 Å². The van der Waals surface area contributed by atoms with Gasteiger partial charge in [-0.25, -0.2) is 0 Å². The highest BCUT2D eigenvalue weighted by molar-refractivity contribution is 5.79. The molecule has 2 unspecified atom stereocenters. The Morgan fingerprint density at radius 2 is 2.00 bits per heavy atom. The van der Waals surface area contributed by atoms with Crippen LogP contribution in [0.2, 0.25) is 0 Å². The van der Waals surface area contributed by atoms with Crippen LogP contribution in [-0.4, -0.2) is 48.9 Å². The monoisotopic (exact) mass is 281 g/mol. The number of hydrogen-bond acceptors (Lipinski definition) is 3. The van der Waals surface area contributed by atoms with Crippen molar-refractivity contribution in [3.05, 3.63) is 0 Å². The van der Waals surface area contributed by atoms with Crippen LogP contribution in [0.3, 0.4) is 0 Å². The van der Waals surface area contributed by atoms with Crippen molar-refractivity contribution in [2.24, 2.45) is 5.92 Å². The molecular formula is C15H27N3O2. The first-order chi connectivity index (χ1) is 9.66. The van der Waals surface area contributed by atoms with E-state index in [0.29, 0.717) is 25.3 Å². The van der Waals surface area contributed by atoms with E-state index < -0.39 is 0 Å². The topological polar surface area (TPSA) is 61.4 Å². The van der Waals surface area contributed by atoms with Crippen LogP contribution in [0.5, 0.6) is 0 Å². The number of amides is 2. The van der Waals surface area contributed by atoms with Gasteiger partial charge < -0.3 is 15.5 Å². The molecule has 0 aromatic carbocycles. The first-order valence-corrected chi connectivity index (χ1v) is 7.94. The van der Waals surface area contributed by atoms with E-state index in [-0.39, 0.29) is 17.9 Å².